The van der Waals surface area contributed by atoms with Gasteiger partial charge < -0.3 is 9.88 Å². The van der Waals surface area contributed by atoms with E-state index in [1.807, 2.05) is 31.2 Å². The fourth-order valence-corrected chi connectivity index (χ4v) is 3.40. The predicted octanol–water partition coefficient (Wildman–Crippen LogP) is 4.28. The number of nitrogens with zero attached hydrogens (tertiary/aromatic N) is 3. The van der Waals surface area contributed by atoms with Crippen LogP contribution in [0.1, 0.15) is 40.3 Å². The summed E-state index contributed by atoms with van der Waals surface area (Å²) in [5.74, 6) is 0.705. The smallest absolute Gasteiger partial charge is 0.251 e. The number of imidazole rings is 1. The number of rotatable bonds is 5. The van der Waals surface area contributed by atoms with Gasteiger partial charge in [-0.1, -0.05) is 36.4 Å². The molecule has 140 valence electrons. The van der Waals surface area contributed by atoms with E-state index < -0.39 is 0 Å². The standard InChI is InChI=1S/C23H22N4O/c1-16-7-3-4-8-19(16)15-27-21-10-6-5-9-20(21)26-22(27)17(2)25-23(28)18-11-13-24-14-12-18/h3-14,17H,15H2,1-2H3,(H,25,28). The van der Waals surface area contributed by atoms with Crippen LogP contribution in [0.25, 0.3) is 11.0 Å². The predicted molar refractivity (Wildman–Crippen MR) is 110 cm³/mol. The van der Waals surface area contributed by atoms with Crippen molar-refractivity contribution in [3.63, 3.8) is 0 Å². The minimum atomic E-state index is -0.239. The molecule has 4 rings (SSSR count). The van der Waals surface area contributed by atoms with Crippen LogP contribution in [-0.2, 0) is 6.54 Å². The van der Waals surface area contributed by atoms with Crippen LogP contribution in [0.4, 0.5) is 0 Å². The van der Waals surface area contributed by atoms with Crippen LogP contribution >= 0.6 is 0 Å². The van der Waals surface area contributed by atoms with E-state index in [1.54, 1.807) is 24.5 Å². The molecule has 2 heterocycles. The van der Waals surface area contributed by atoms with Gasteiger partial charge in [0.2, 0.25) is 0 Å². The average molecular weight is 370 g/mol. The number of nitrogens with one attached hydrogen (secondary N) is 1. The molecule has 0 radical (unpaired) electrons. The summed E-state index contributed by atoms with van der Waals surface area (Å²) in [6.45, 7) is 4.79. The third-order valence-corrected chi connectivity index (χ3v) is 4.95. The number of pyridine rings is 1. The van der Waals surface area contributed by atoms with Gasteiger partial charge in [0.05, 0.1) is 17.1 Å². The maximum Gasteiger partial charge on any atom is 0.251 e. The van der Waals surface area contributed by atoms with Crippen molar-refractivity contribution in [1.82, 2.24) is 19.9 Å². The zero-order valence-corrected chi connectivity index (χ0v) is 16.0. The van der Waals surface area contributed by atoms with Crippen molar-refractivity contribution >= 4 is 16.9 Å². The SMILES string of the molecule is Cc1ccccc1Cn1c(C(C)NC(=O)c2ccncc2)nc2ccccc21. The van der Waals surface area contributed by atoms with E-state index in [0.717, 1.165) is 16.9 Å². The molecule has 2 aromatic heterocycles. The first-order valence-corrected chi connectivity index (χ1v) is 9.34. The van der Waals surface area contributed by atoms with Gasteiger partial charge in [-0.3, -0.25) is 9.78 Å². The number of carbonyl (C=O) groups is 1. The lowest BCUT2D eigenvalue weighted by Crippen LogP contribution is -2.28. The van der Waals surface area contributed by atoms with Crippen LogP contribution in [0.15, 0.2) is 73.1 Å². The molecule has 0 saturated carbocycles. The van der Waals surface area contributed by atoms with Gasteiger partial charge >= 0.3 is 0 Å². The highest BCUT2D eigenvalue weighted by Gasteiger charge is 2.19. The molecule has 5 heteroatoms. The first-order chi connectivity index (χ1) is 13.6. The number of amides is 1. The number of para-hydroxylation sites is 2. The molecule has 0 bridgehead atoms. The Morgan fingerprint density at radius 1 is 1.04 bits per heavy atom. The summed E-state index contributed by atoms with van der Waals surface area (Å²) in [6, 6.07) is 19.6. The molecule has 0 aliphatic heterocycles. The molecule has 1 unspecified atom stereocenters. The molecule has 0 fully saturated rings. The topological polar surface area (TPSA) is 59.8 Å². The molecule has 1 atom stereocenters. The van der Waals surface area contributed by atoms with Crippen molar-refractivity contribution in [3.05, 3.63) is 95.6 Å². The lowest BCUT2D eigenvalue weighted by molar-refractivity contribution is 0.0937. The fourth-order valence-electron chi connectivity index (χ4n) is 3.40. The van der Waals surface area contributed by atoms with Crippen molar-refractivity contribution < 1.29 is 4.79 Å². The number of hydrogen-bond acceptors (Lipinski definition) is 3. The molecule has 4 aromatic rings. The van der Waals surface area contributed by atoms with E-state index in [-0.39, 0.29) is 11.9 Å². The highest BCUT2D eigenvalue weighted by Crippen LogP contribution is 2.23. The first kappa shape index (κ1) is 17.9. The fraction of sp³-hybridized carbons (Fsp3) is 0.174. The molecule has 0 saturated heterocycles. The van der Waals surface area contributed by atoms with Crippen molar-refractivity contribution in [2.45, 2.75) is 26.4 Å². The Hall–Kier alpha value is -3.47. The summed E-state index contributed by atoms with van der Waals surface area (Å²) in [7, 11) is 0. The van der Waals surface area contributed by atoms with Gasteiger partial charge in [0.1, 0.15) is 5.82 Å². The summed E-state index contributed by atoms with van der Waals surface area (Å²) >= 11 is 0. The monoisotopic (exact) mass is 370 g/mol. The van der Waals surface area contributed by atoms with Crippen molar-refractivity contribution in [3.8, 4) is 0 Å². The summed E-state index contributed by atoms with van der Waals surface area (Å²) in [4.78, 5) is 21.4. The van der Waals surface area contributed by atoms with E-state index >= 15 is 0 Å². The van der Waals surface area contributed by atoms with Gasteiger partial charge in [-0.2, -0.15) is 0 Å². The number of benzene rings is 2. The Labute approximate surface area is 164 Å². The van der Waals surface area contributed by atoms with E-state index in [9.17, 15) is 4.79 Å². The summed E-state index contributed by atoms with van der Waals surface area (Å²) in [6.07, 6.45) is 3.24. The lowest BCUT2D eigenvalue weighted by Gasteiger charge is -2.17. The number of fused-ring (bicyclic) bond motifs is 1. The Morgan fingerprint density at radius 2 is 1.75 bits per heavy atom. The Balaban J connectivity index is 1.70. The van der Waals surface area contributed by atoms with Crippen molar-refractivity contribution in [2.75, 3.05) is 0 Å². The zero-order valence-electron chi connectivity index (χ0n) is 16.0. The van der Waals surface area contributed by atoms with Crippen LogP contribution in [0.3, 0.4) is 0 Å². The maximum atomic E-state index is 12.6. The van der Waals surface area contributed by atoms with Crippen molar-refractivity contribution in [2.24, 2.45) is 0 Å². The van der Waals surface area contributed by atoms with E-state index in [4.69, 9.17) is 4.98 Å². The molecular formula is C23H22N4O. The first-order valence-electron chi connectivity index (χ1n) is 9.34. The highest BCUT2D eigenvalue weighted by molar-refractivity contribution is 5.94. The molecule has 0 spiro atoms. The largest absolute Gasteiger partial charge is 0.342 e. The maximum absolute atomic E-state index is 12.6. The molecular weight excluding hydrogens is 348 g/mol. The van der Waals surface area contributed by atoms with Gasteiger partial charge in [0.25, 0.3) is 5.91 Å². The lowest BCUT2D eigenvalue weighted by atomic mass is 10.1. The van der Waals surface area contributed by atoms with E-state index in [2.05, 4.69) is 46.1 Å². The van der Waals surface area contributed by atoms with Crippen LogP contribution in [0.2, 0.25) is 0 Å². The third kappa shape index (κ3) is 3.51. The normalized spacial score (nSPS) is 12.1. The second-order valence-electron chi connectivity index (χ2n) is 6.90. The zero-order chi connectivity index (χ0) is 19.5. The van der Waals surface area contributed by atoms with Crippen LogP contribution in [0.5, 0.6) is 0 Å². The van der Waals surface area contributed by atoms with Gasteiger partial charge in [-0.05, 0) is 49.2 Å². The van der Waals surface area contributed by atoms with Crippen LogP contribution < -0.4 is 5.32 Å². The number of carbonyl (C=O) groups excluding carboxylic acids is 1. The van der Waals surface area contributed by atoms with E-state index in [0.29, 0.717) is 12.1 Å². The average Bonchev–Trinajstić information content (AvgIpc) is 3.09. The number of hydrogen-bond donors (Lipinski definition) is 1. The highest BCUT2D eigenvalue weighted by atomic mass is 16.1. The second kappa shape index (κ2) is 7.64. The number of aryl methyl sites for hydroxylation is 1. The van der Waals surface area contributed by atoms with Gasteiger partial charge in [0.15, 0.2) is 0 Å². The Kier molecular flexibility index (Phi) is 4.89. The minimum Gasteiger partial charge on any atom is -0.342 e. The molecule has 0 aliphatic rings. The third-order valence-electron chi connectivity index (χ3n) is 4.95. The van der Waals surface area contributed by atoms with E-state index in [1.165, 1.54) is 11.1 Å². The Bertz CT molecular complexity index is 1120. The molecule has 1 N–H and O–H groups in total. The van der Waals surface area contributed by atoms with Gasteiger partial charge in [-0.15, -0.1) is 0 Å². The Morgan fingerprint density at radius 3 is 2.54 bits per heavy atom. The summed E-state index contributed by atoms with van der Waals surface area (Å²) in [5.41, 5.74) is 5.05. The molecule has 1 amide bonds. The van der Waals surface area contributed by atoms with Crippen molar-refractivity contribution in [1.29, 1.82) is 0 Å². The minimum absolute atomic E-state index is 0.135. The quantitative estimate of drug-likeness (QED) is 0.570. The van der Waals surface area contributed by atoms with Crippen LogP contribution in [-0.4, -0.2) is 20.4 Å². The number of aromatic nitrogens is 3. The summed E-state index contributed by atoms with van der Waals surface area (Å²) in [5, 5.41) is 3.06. The molecule has 5 nitrogen and oxygen atoms in total. The summed E-state index contributed by atoms with van der Waals surface area (Å²) < 4.78 is 2.19. The molecule has 28 heavy (non-hydrogen) atoms. The second-order valence-corrected chi connectivity index (χ2v) is 6.90. The molecule has 2 aromatic carbocycles. The molecule has 0 aliphatic carbocycles. The van der Waals surface area contributed by atoms with Gasteiger partial charge in [0, 0.05) is 24.5 Å². The van der Waals surface area contributed by atoms with Crippen LogP contribution in [0, 0.1) is 6.92 Å². The van der Waals surface area contributed by atoms with Gasteiger partial charge in [-0.25, -0.2) is 4.98 Å².